The molecular formula is C40H48N2O5S. The van der Waals surface area contributed by atoms with E-state index in [1.165, 1.54) is 16.7 Å². The van der Waals surface area contributed by atoms with Crippen molar-refractivity contribution < 1.29 is 23.8 Å². The number of methoxy groups -OCH3 is 1. The maximum Gasteiger partial charge on any atom is 0.413 e. The Balaban J connectivity index is 1.59. The largest absolute Gasteiger partial charge is 0.497 e. The minimum atomic E-state index is -0.635. The third kappa shape index (κ3) is 12.1. The maximum absolute atomic E-state index is 13.9. The van der Waals surface area contributed by atoms with Crippen molar-refractivity contribution in [3.05, 3.63) is 114 Å². The van der Waals surface area contributed by atoms with Crippen LogP contribution in [-0.4, -0.2) is 40.6 Å². The Morgan fingerprint density at radius 2 is 1.44 bits per heavy atom. The number of hydrogen-bond acceptors (Lipinski definition) is 7. The fraction of sp³-hybridized carbons (Fsp3) is 0.375. The number of nitrogens with one attached hydrogen (secondary N) is 1. The van der Waals surface area contributed by atoms with Gasteiger partial charge in [0, 0.05) is 17.2 Å². The molecule has 0 aliphatic carbocycles. The summed E-state index contributed by atoms with van der Waals surface area (Å²) in [5.74, 6) is 1.25. The first-order valence-corrected chi connectivity index (χ1v) is 17.4. The van der Waals surface area contributed by atoms with Crippen LogP contribution >= 0.6 is 11.8 Å². The lowest BCUT2D eigenvalue weighted by molar-refractivity contribution is -0.160. The highest BCUT2D eigenvalue weighted by Crippen LogP contribution is 2.33. The maximum atomic E-state index is 13.9. The number of nitrogens with zero attached hydrogens (tertiary/aromatic N) is 1. The standard InChI is InChI=1S/C40H48N2O5S/c1-39(2,3)46-37(43)34(25-30-19-23-36(41-26-30)42-38(44)47-40(4,5)6)35(48-27-29-16-20-33(45-7)21-17-29)22-18-28-12-11-15-32(24-28)31-13-9-8-10-14-31/h8-17,19-21,23-24,26,34-35H,18,22,25,27H2,1-7H3,(H,41,42,44). The molecule has 0 aliphatic rings. The summed E-state index contributed by atoms with van der Waals surface area (Å²) in [5, 5.41) is 2.63. The summed E-state index contributed by atoms with van der Waals surface area (Å²) >= 11 is 1.77. The number of esters is 1. The molecule has 4 rings (SSSR count). The molecule has 1 amide bonds. The molecule has 4 aromatic rings. The summed E-state index contributed by atoms with van der Waals surface area (Å²) in [7, 11) is 1.66. The molecular weight excluding hydrogens is 621 g/mol. The van der Waals surface area contributed by atoms with E-state index in [4.69, 9.17) is 14.2 Å². The zero-order chi connectivity index (χ0) is 34.7. The van der Waals surface area contributed by atoms with Crippen LogP contribution in [0.3, 0.4) is 0 Å². The van der Waals surface area contributed by atoms with Gasteiger partial charge in [-0.3, -0.25) is 10.1 Å². The molecule has 254 valence electrons. The van der Waals surface area contributed by atoms with Crippen molar-refractivity contribution in [1.82, 2.24) is 4.98 Å². The first-order valence-electron chi connectivity index (χ1n) is 16.3. The van der Waals surface area contributed by atoms with E-state index >= 15 is 0 Å². The van der Waals surface area contributed by atoms with Crippen molar-refractivity contribution in [3.63, 3.8) is 0 Å². The quantitative estimate of drug-likeness (QED) is 0.142. The van der Waals surface area contributed by atoms with Crippen LogP contribution in [0.1, 0.15) is 64.7 Å². The zero-order valence-electron chi connectivity index (χ0n) is 29.1. The lowest BCUT2D eigenvalue weighted by atomic mass is 9.92. The van der Waals surface area contributed by atoms with Gasteiger partial charge in [0.15, 0.2) is 0 Å². The highest BCUT2D eigenvalue weighted by atomic mass is 32.2. The molecule has 0 aliphatic heterocycles. The van der Waals surface area contributed by atoms with Crippen molar-refractivity contribution >= 4 is 29.6 Å². The predicted octanol–water partition coefficient (Wildman–Crippen LogP) is 9.54. The lowest BCUT2D eigenvalue weighted by Gasteiger charge is -2.29. The lowest BCUT2D eigenvalue weighted by Crippen LogP contribution is -2.35. The van der Waals surface area contributed by atoms with Gasteiger partial charge in [-0.05, 0) is 107 Å². The monoisotopic (exact) mass is 668 g/mol. The number of benzene rings is 3. The number of amides is 1. The van der Waals surface area contributed by atoms with Gasteiger partial charge in [0.2, 0.25) is 0 Å². The van der Waals surface area contributed by atoms with Gasteiger partial charge in [-0.25, -0.2) is 9.78 Å². The zero-order valence-corrected chi connectivity index (χ0v) is 29.9. The molecule has 1 N–H and O–H groups in total. The number of hydrogen-bond donors (Lipinski definition) is 1. The van der Waals surface area contributed by atoms with E-state index in [-0.39, 0.29) is 11.2 Å². The summed E-state index contributed by atoms with van der Waals surface area (Å²) in [6.45, 7) is 11.1. The number of carbonyl (C=O) groups is 2. The van der Waals surface area contributed by atoms with Gasteiger partial charge in [0.05, 0.1) is 13.0 Å². The molecule has 0 spiro atoms. The van der Waals surface area contributed by atoms with Gasteiger partial charge in [-0.2, -0.15) is 11.8 Å². The fourth-order valence-electron chi connectivity index (χ4n) is 5.20. The molecule has 2 unspecified atom stereocenters. The molecule has 0 fully saturated rings. The van der Waals surface area contributed by atoms with Crippen LogP contribution in [0, 0.1) is 5.92 Å². The second kappa shape index (κ2) is 16.7. The number of carbonyl (C=O) groups excluding carboxylic acids is 2. The number of anilines is 1. The Bertz CT molecular complexity index is 1610. The average Bonchev–Trinajstić information content (AvgIpc) is 3.04. The Morgan fingerprint density at radius 1 is 0.771 bits per heavy atom. The summed E-state index contributed by atoms with van der Waals surface area (Å²) in [6.07, 6.45) is 3.16. The van der Waals surface area contributed by atoms with E-state index in [0.717, 1.165) is 35.5 Å². The minimum Gasteiger partial charge on any atom is -0.497 e. The molecule has 0 radical (unpaired) electrons. The third-order valence-electron chi connectivity index (χ3n) is 7.44. The molecule has 0 bridgehead atoms. The molecule has 1 aromatic heterocycles. The number of aromatic nitrogens is 1. The van der Waals surface area contributed by atoms with Crippen LogP contribution in [0.15, 0.2) is 97.2 Å². The highest BCUT2D eigenvalue weighted by Gasteiger charge is 2.33. The predicted molar refractivity (Wildman–Crippen MR) is 195 cm³/mol. The van der Waals surface area contributed by atoms with Gasteiger partial charge >= 0.3 is 12.1 Å². The normalized spacial score (nSPS) is 12.9. The number of ether oxygens (including phenoxy) is 3. The van der Waals surface area contributed by atoms with Crippen LogP contribution in [0.25, 0.3) is 11.1 Å². The number of rotatable bonds is 13. The number of aryl methyl sites for hydroxylation is 1. The molecule has 2 atom stereocenters. The SMILES string of the molecule is COc1ccc(CSC(CCc2cccc(-c3ccccc3)c2)C(Cc2ccc(NC(=O)OC(C)(C)C)nc2)C(=O)OC(C)(C)C)cc1. The van der Waals surface area contributed by atoms with Crippen LogP contribution in [0.2, 0.25) is 0 Å². The Morgan fingerprint density at radius 3 is 2.06 bits per heavy atom. The van der Waals surface area contributed by atoms with Crippen LogP contribution in [0.5, 0.6) is 5.75 Å². The molecule has 0 saturated heterocycles. The first kappa shape index (κ1) is 36.5. The van der Waals surface area contributed by atoms with E-state index < -0.39 is 23.2 Å². The molecule has 1 heterocycles. The van der Waals surface area contributed by atoms with Crippen molar-refractivity contribution in [2.75, 3.05) is 12.4 Å². The summed E-state index contributed by atoms with van der Waals surface area (Å²) in [6, 6.07) is 30.7. The molecule has 0 saturated carbocycles. The van der Waals surface area contributed by atoms with E-state index in [9.17, 15) is 9.59 Å². The Hall–Kier alpha value is -4.30. The summed E-state index contributed by atoms with van der Waals surface area (Å²) < 4.78 is 16.7. The molecule has 7 nitrogen and oxygen atoms in total. The van der Waals surface area contributed by atoms with Crippen molar-refractivity contribution in [1.29, 1.82) is 0 Å². The van der Waals surface area contributed by atoms with Crippen molar-refractivity contribution in [2.24, 2.45) is 5.92 Å². The van der Waals surface area contributed by atoms with E-state index in [0.29, 0.717) is 12.2 Å². The second-order valence-corrected chi connectivity index (χ2v) is 15.1. The molecule has 8 heteroatoms. The van der Waals surface area contributed by atoms with E-state index in [1.54, 1.807) is 31.1 Å². The van der Waals surface area contributed by atoms with Crippen LogP contribution in [-0.2, 0) is 32.9 Å². The Kier molecular flexibility index (Phi) is 12.7. The topological polar surface area (TPSA) is 86.8 Å². The van der Waals surface area contributed by atoms with Gasteiger partial charge in [0.25, 0.3) is 0 Å². The van der Waals surface area contributed by atoms with Crippen molar-refractivity contribution in [3.8, 4) is 16.9 Å². The number of pyridine rings is 1. The van der Waals surface area contributed by atoms with Gasteiger partial charge in [0.1, 0.15) is 22.8 Å². The van der Waals surface area contributed by atoms with Crippen LogP contribution < -0.4 is 10.1 Å². The average molecular weight is 669 g/mol. The fourth-order valence-corrected chi connectivity index (χ4v) is 6.52. The van der Waals surface area contributed by atoms with Crippen LogP contribution in [0.4, 0.5) is 10.6 Å². The first-order chi connectivity index (χ1) is 22.8. The van der Waals surface area contributed by atoms with Crippen molar-refractivity contribution in [2.45, 2.75) is 83.0 Å². The second-order valence-electron chi connectivity index (χ2n) is 13.8. The minimum absolute atomic E-state index is 0.0538. The van der Waals surface area contributed by atoms with E-state index in [1.807, 2.05) is 77.9 Å². The molecule has 48 heavy (non-hydrogen) atoms. The third-order valence-corrected chi connectivity index (χ3v) is 8.93. The van der Waals surface area contributed by atoms with Gasteiger partial charge in [-0.15, -0.1) is 0 Å². The van der Waals surface area contributed by atoms with E-state index in [2.05, 4.69) is 58.8 Å². The highest BCUT2D eigenvalue weighted by molar-refractivity contribution is 7.99. The van der Waals surface area contributed by atoms with Gasteiger partial charge < -0.3 is 14.2 Å². The Labute approximate surface area is 289 Å². The summed E-state index contributed by atoms with van der Waals surface area (Å²) in [4.78, 5) is 30.7. The number of thioether (sulfide) groups is 1. The summed E-state index contributed by atoms with van der Waals surface area (Å²) in [5.41, 5.74) is 4.34. The smallest absolute Gasteiger partial charge is 0.413 e. The van der Waals surface area contributed by atoms with Gasteiger partial charge in [-0.1, -0.05) is 72.8 Å². The molecule has 3 aromatic carbocycles.